The molecule has 1 amide bonds. The number of nitrogens with two attached hydrogens (primary N) is 1. The molecule has 0 saturated heterocycles. The number of hydrogen-bond donors (Lipinski definition) is 2. The molecule has 4 nitrogen and oxygen atoms in total. The third-order valence-electron chi connectivity index (χ3n) is 2.80. The van der Waals surface area contributed by atoms with Gasteiger partial charge >= 0.3 is 0 Å². The number of pyridine rings is 1. The van der Waals surface area contributed by atoms with Crippen LogP contribution in [0.4, 0.5) is 20.2 Å². The van der Waals surface area contributed by atoms with Crippen molar-refractivity contribution in [1.29, 1.82) is 0 Å². The van der Waals surface area contributed by atoms with Gasteiger partial charge in [0.05, 0.1) is 22.6 Å². The molecule has 0 radical (unpaired) electrons. The van der Waals surface area contributed by atoms with Crippen molar-refractivity contribution in [3.8, 4) is 0 Å². The molecule has 6 heteroatoms. The van der Waals surface area contributed by atoms with E-state index >= 15 is 0 Å². The Balaban J connectivity index is 2.30. The highest BCUT2D eigenvalue weighted by Crippen LogP contribution is 2.22. The number of nitrogen functional groups attached to an aromatic ring is 1. The zero-order valence-electron chi connectivity index (χ0n) is 11.0. The maximum Gasteiger partial charge on any atom is 0.257 e. The Kier molecular flexibility index (Phi) is 3.65. The molecule has 0 atom stereocenters. The van der Waals surface area contributed by atoms with E-state index in [1.807, 2.05) is 0 Å². The molecule has 1 aromatic heterocycles. The molecular formula is C14H13F2N3O. The van der Waals surface area contributed by atoms with Gasteiger partial charge in [0, 0.05) is 11.8 Å². The normalized spacial score (nSPS) is 10.4. The highest BCUT2D eigenvalue weighted by Gasteiger charge is 2.14. The summed E-state index contributed by atoms with van der Waals surface area (Å²) >= 11 is 0. The Morgan fingerprint density at radius 2 is 1.90 bits per heavy atom. The number of benzene rings is 1. The van der Waals surface area contributed by atoms with Crippen molar-refractivity contribution < 1.29 is 13.6 Å². The molecule has 0 spiro atoms. The van der Waals surface area contributed by atoms with Crippen LogP contribution in [0, 0.1) is 25.5 Å². The quantitative estimate of drug-likeness (QED) is 0.829. The monoisotopic (exact) mass is 277 g/mol. The molecule has 0 fully saturated rings. The van der Waals surface area contributed by atoms with Crippen LogP contribution in [0.25, 0.3) is 0 Å². The maximum atomic E-state index is 13.5. The Morgan fingerprint density at radius 1 is 1.20 bits per heavy atom. The van der Waals surface area contributed by atoms with E-state index in [2.05, 4.69) is 10.3 Å². The number of anilines is 2. The highest BCUT2D eigenvalue weighted by atomic mass is 19.1. The van der Waals surface area contributed by atoms with Crippen LogP contribution in [0.15, 0.2) is 24.3 Å². The lowest BCUT2D eigenvalue weighted by molar-refractivity contribution is 0.102. The number of nitrogens with one attached hydrogen (secondary N) is 1. The van der Waals surface area contributed by atoms with E-state index < -0.39 is 17.5 Å². The standard InChI is InChI=1S/C14H13F2N3O/c1-7-3-4-9(8(2)18-7)14(20)19-13-6-12(17)10(15)5-11(13)16/h3-6H,17H2,1-2H3,(H,19,20). The van der Waals surface area contributed by atoms with Crippen LogP contribution >= 0.6 is 0 Å². The minimum Gasteiger partial charge on any atom is -0.396 e. The second kappa shape index (κ2) is 5.24. The van der Waals surface area contributed by atoms with Crippen molar-refractivity contribution in [2.24, 2.45) is 0 Å². The number of aromatic nitrogens is 1. The molecule has 1 aromatic carbocycles. The largest absolute Gasteiger partial charge is 0.396 e. The van der Waals surface area contributed by atoms with Gasteiger partial charge in [-0.3, -0.25) is 9.78 Å². The summed E-state index contributed by atoms with van der Waals surface area (Å²) in [6.45, 7) is 3.48. The molecule has 104 valence electrons. The summed E-state index contributed by atoms with van der Waals surface area (Å²) in [5.41, 5.74) is 6.56. The summed E-state index contributed by atoms with van der Waals surface area (Å²) in [6.07, 6.45) is 0. The van der Waals surface area contributed by atoms with E-state index in [0.717, 1.165) is 11.8 Å². The number of hydrogen-bond acceptors (Lipinski definition) is 3. The molecule has 0 aliphatic carbocycles. The van der Waals surface area contributed by atoms with Crippen molar-refractivity contribution in [2.45, 2.75) is 13.8 Å². The van der Waals surface area contributed by atoms with Gasteiger partial charge in [0.2, 0.25) is 0 Å². The predicted molar refractivity (Wildman–Crippen MR) is 72.4 cm³/mol. The number of amides is 1. The lowest BCUT2D eigenvalue weighted by Crippen LogP contribution is -2.15. The van der Waals surface area contributed by atoms with E-state index in [-0.39, 0.29) is 11.4 Å². The van der Waals surface area contributed by atoms with Gasteiger partial charge in [-0.25, -0.2) is 8.78 Å². The molecule has 0 aliphatic heterocycles. The van der Waals surface area contributed by atoms with Crippen molar-refractivity contribution in [3.63, 3.8) is 0 Å². The van der Waals surface area contributed by atoms with Crippen LogP contribution in [0.3, 0.4) is 0 Å². The zero-order valence-corrected chi connectivity index (χ0v) is 11.0. The van der Waals surface area contributed by atoms with Crippen LogP contribution in [-0.4, -0.2) is 10.9 Å². The fourth-order valence-corrected chi connectivity index (χ4v) is 1.78. The van der Waals surface area contributed by atoms with Crippen LogP contribution in [-0.2, 0) is 0 Å². The average Bonchev–Trinajstić information content (AvgIpc) is 2.35. The number of aryl methyl sites for hydroxylation is 2. The SMILES string of the molecule is Cc1ccc(C(=O)Nc2cc(N)c(F)cc2F)c(C)n1. The van der Waals surface area contributed by atoms with Gasteiger partial charge in [0.15, 0.2) is 0 Å². The summed E-state index contributed by atoms with van der Waals surface area (Å²) < 4.78 is 26.6. The Labute approximate surface area is 114 Å². The fraction of sp³-hybridized carbons (Fsp3) is 0.143. The summed E-state index contributed by atoms with van der Waals surface area (Å²) in [5, 5.41) is 2.35. The van der Waals surface area contributed by atoms with Gasteiger partial charge < -0.3 is 11.1 Å². The summed E-state index contributed by atoms with van der Waals surface area (Å²) in [5.74, 6) is -2.28. The lowest BCUT2D eigenvalue weighted by Gasteiger charge is -2.09. The predicted octanol–water partition coefficient (Wildman–Crippen LogP) is 2.81. The fourth-order valence-electron chi connectivity index (χ4n) is 1.78. The van der Waals surface area contributed by atoms with Gasteiger partial charge in [0.25, 0.3) is 5.91 Å². The average molecular weight is 277 g/mol. The first-order chi connectivity index (χ1) is 9.38. The van der Waals surface area contributed by atoms with Crippen LogP contribution < -0.4 is 11.1 Å². The third kappa shape index (κ3) is 2.74. The molecule has 3 N–H and O–H groups in total. The molecular weight excluding hydrogens is 264 g/mol. The summed E-state index contributed by atoms with van der Waals surface area (Å²) in [4.78, 5) is 16.2. The molecule has 2 rings (SSSR count). The second-order valence-electron chi connectivity index (χ2n) is 4.39. The van der Waals surface area contributed by atoms with E-state index in [4.69, 9.17) is 5.73 Å². The second-order valence-corrected chi connectivity index (χ2v) is 4.39. The Hall–Kier alpha value is -2.50. The number of carbonyl (C=O) groups excluding carboxylic acids is 1. The first-order valence-electron chi connectivity index (χ1n) is 5.88. The van der Waals surface area contributed by atoms with E-state index in [9.17, 15) is 13.6 Å². The van der Waals surface area contributed by atoms with Gasteiger partial charge in [0.1, 0.15) is 11.6 Å². The summed E-state index contributed by atoms with van der Waals surface area (Å²) in [6, 6.07) is 4.94. The Bertz CT molecular complexity index is 686. The molecule has 0 unspecified atom stereocenters. The third-order valence-corrected chi connectivity index (χ3v) is 2.80. The minimum absolute atomic E-state index is 0.172. The number of nitrogens with zero attached hydrogens (tertiary/aromatic N) is 1. The number of rotatable bonds is 2. The zero-order chi connectivity index (χ0) is 14.9. The van der Waals surface area contributed by atoms with Crippen LogP contribution in [0.5, 0.6) is 0 Å². The minimum atomic E-state index is -0.886. The molecule has 2 aromatic rings. The molecule has 1 heterocycles. The topological polar surface area (TPSA) is 68.0 Å². The van der Waals surface area contributed by atoms with Crippen molar-refractivity contribution in [2.75, 3.05) is 11.1 Å². The van der Waals surface area contributed by atoms with Gasteiger partial charge in [-0.15, -0.1) is 0 Å². The van der Waals surface area contributed by atoms with E-state index in [1.165, 1.54) is 0 Å². The Morgan fingerprint density at radius 3 is 2.55 bits per heavy atom. The molecule has 20 heavy (non-hydrogen) atoms. The first kappa shape index (κ1) is 13.9. The van der Waals surface area contributed by atoms with Crippen LogP contribution in [0.2, 0.25) is 0 Å². The highest BCUT2D eigenvalue weighted by molar-refractivity contribution is 6.05. The molecule has 0 bridgehead atoms. The van der Waals surface area contributed by atoms with Gasteiger partial charge in [-0.1, -0.05) is 0 Å². The van der Waals surface area contributed by atoms with Gasteiger partial charge in [-0.05, 0) is 32.0 Å². The smallest absolute Gasteiger partial charge is 0.257 e. The van der Waals surface area contributed by atoms with E-state index in [1.54, 1.807) is 26.0 Å². The van der Waals surface area contributed by atoms with E-state index in [0.29, 0.717) is 17.3 Å². The van der Waals surface area contributed by atoms with Crippen molar-refractivity contribution in [3.05, 3.63) is 52.9 Å². The number of halogens is 2. The van der Waals surface area contributed by atoms with Crippen molar-refractivity contribution in [1.82, 2.24) is 4.98 Å². The number of carbonyl (C=O) groups is 1. The van der Waals surface area contributed by atoms with Crippen molar-refractivity contribution >= 4 is 17.3 Å². The molecule has 0 aliphatic rings. The van der Waals surface area contributed by atoms with Crippen LogP contribution in [0.1, 0.15) is 21.7 Å². The lowest BCUT2D eigenvalue weighted by atomic mass is 10.1. The first-order valence-corrected chi connectivity index (χ1v) is 5.88. The maximum absolute atomic E-state index is 13.5. The van der Waals surface area contributed by atoms with Gasteiger partial charge in [-0.2, -0.15) is 0 Å². The molecule has 0 saturated carbocycles. The summed E-state index contributed by atoms with van der Waals surface area (Å²) in [7, 11) is 0.